The molecule has 1 atom stereocenters. The molecule has 1 aliphatic rings. The topological polar surface area (TPSA) is 44.4 Å². The summed E-state index contributed by atoms with van der Waals surface area (Å²) in [5.74, 6) is 0.0562. The van der Waals surface area contributed by atoms with Gasteiger partial charge in [-0.25, -0.2) is 0 Å². The first-order chi connectivity index (χ1) is 6.24. The molecule has 0 aliphatic carbocycles. The second-order valence-electron chi connectivity index (χ2n) is 3.58. The molecule has 1 saturated heterocycles. The predicted octanol–water partition coefficient (Wildman–Crippen LogP) is -0.584. The summed E-state index contributed by atoms with van der Waals surface area (Å²) in [7, 11) is 3.80. The Morgan fingerprint density at radius 1 is 1.62 bits per heavy atom. The first-order valence-electron chi connectivity index (χ1n) is 4.85. The van der Waals surface area contributed by atoms with Gasteiger partial charge in [0.2, 0.25) is 5.91 Å². The summed E-state index contributed by atoms with van der Waals surface area (Å²) in [6, 6.07) is 0.615. The molecular formula is C9H19N3O. The first-order valence-corrected chi connectivity index (χ1v) is 4.85. The molecule has 13 heavy (non-hydrogen) atoms. The number of likely N-dealkylation sites (tertiary alicyclic amines) is 1. The highest BCUT2D eigenvalue weighted by Gasteiger charge is 2.19. The zero-order chi connectivity index (χ0) is 9.68. The molecule has 0 spiro atoms. The minimum atomic E-state index is 0.0562. The predicted molar refractivity (Wildman–Crippen MR) is 52.6 cm³/mol. The van der Waals surface area contributed by atoms with Gasteiger partial charge in [-0.15, -0.1) is 0 Å². The third kappa shape index (κ3) is 3.32. The van der Waals surface area contributed by atoms with Crippen molar-refractivity contribution in [3.05, 3.63) is 0 Å². The molecule has 0 aromatic rings. The number of carbonyl (C=O) groups is 1. The van der Waals surface area contributed by atoms with Crippen LogP contribution in [0.25, 0.3) is 0 Å². The minimum Gasteiger partial charge on any atom is -0.358 e. The summed E-state index contributed by atoms with van der Waals surface area (Å²) in [5, 5.41) is 5.74. The van der Waals surface area contributed by atoms with Gasteiger partial charge >= 0.3 is 0 Å². The smallest absolute Gasteiger partial charge is 0.233 e. The third-order valence-corrected chi connectivity index (χ3v) is 2.62. The highest BCUT2D eigenvalue weighted by Crippen LogP contribution is 2.13. The number of hydrogen-bond donors (Lipinski definition) is 2. The summed E-state index contributed by atoms with van der Waals surface area (Å²) >= 11 is 0. The van der Waals surface area contributed by atoms with Crippen LogP contribution in [0.1, 0.15) is 12.8 Å². The van der Waals surface area contributed by atoms with Crippen molar-refractivity contribution in [3.8, 4) is 0 Å². The van der Waals surface area contributed by atoms with Gasteiger partial charge in [-0.3, -0.25) is 4.79 Å². The van der Waals surface area contributed by atoms with Crippen LogP contribution in [0.2, 0.25) is 0 Å². The Morgan fingerprint density at radius 3 is 2.92 bits per heavy atom. The van der Waals surface area contributed by atoms with Crippen molar-refractivity contribution in [1.82, 2.24) is 15.5 Å². The van der Waals surface area contributed by atoms with Gasteiger partial charge in [0.15, 0.2) is 0 Å². The molecule has 1 amide bonds. The first kappa shape index (κ1) is 10.5. The number of amides is 1. The van der Waals surface area contributed by atoms with Gasteiger partial charge in [0, 0.05) is 19.6 Å². The van der Waals surface area contributed by atoms with Gasteiger partial charge in [-0.2, -0.15) is 0 Å². The van der Waals surface area contributed by atoms with E-state index in [1.54, 1.807) is 7.05 Å². The number of rotatable bonds is 4. The van der Waals surface area contributed by atoms with Gasteiger partial charge in [-0.1, -0.05) is 0 Å². The van der Waals surface area contributed by atoms with Crippen LogP contribution in [-0.2, 0) is 4.79 Å². The number of hydrogen-bond acceptors (Lipinski definition) is 3. The fraction of sp³-hybridized carbons (Fsp3) is 0.889. The van der Waals surface area contributed by atoms with Crippen LogP contribution < -0.4 is 10.6 Å². The maximum Gasteiger partial charge on any atom is 0.233 e. The van der Waals surface area contributed by atoms with Crippen molar-refractivity contribution >= 4 is 5.91 Å². The molecule has 1 unspecified atom stereocenters. The summed E-state index contributed by atoms with van der Waals surface area (Å²) in [6.07, 6.45) is 2.53. The second-order valence-corrected chi connectivity index (χ2v) is 3.58. The van der Waals surface area contributed by atoms with E-state index in [0.717, 1.165) is 6.54 Å². The minimum absolute atomic E-state index is 0.0562. The van der Waals surface area contributed by atoms with E-state index in [2.05, 4.69) is 22.6 Å². The van der Waals surface area contributed by atoms with Crippen molar-refractivity contribution in [2.24, 2.45) is 0 Å². The highest BCUT2D eigenvalue weighted by atomic mass is 16.1. The quantitative estimate of drug-likeness (QED) is 0.615. The maximum absolute atomic E-state index is 10.9. The maximum atomic E-state index is 10.9. The van der Waals surface area contributed by atoms with Gasteiger partial charge in [0.05, 0.1) is 6.54 Å². The lowest BCUT2D eigenvalue weighted by atomic mass is 10.2. The van der Waals surface area contributed by atoms with Crippen molar-refractivity contribution in [2.75, 3.05) is 33.7 Å². The standard InChI is InChI=1S/C9H19N3O/c1-10-9(13)7-11-6-8-4-3-5-12(8)2/h8,11H,3-7H2,1-2H3,(H,10,13). The molecule has 4 heteroatoms. The van der Waals surface area contributed by atoms with Crippen LogP contribution in [-0.4, -0.2) is 50.6 Å². The normalized spacial score (nSPS) is 23.4. The third-order valence-electron chi connectivity index (χ3n) is 2.62. The van der Waals surface area contributed by atoms with Crippen molar-refractivity contribution in [3.63, 3.8) is 0 Å². The molecule has 0 radical (unpaired) electrons. The van der Waals surface area contributed by atoms with E-state index in [0.29, 0.717) is 12.6 Å². The number of carbonyl (C=O) groups excluding carboxylic acids is 1. The van der Waals surface area contributed by atoms with Crippen LogP contribution in [0, 0.1) is 0 Å². The summed E-state index contributed by atoms with van der Waals surface area (Å²) in [6.45, 7) is 2.54. The second kappa shape index (κ2) is 5.19. The molecule has 2 N–H and O–H groups in total. The van der Waals surface area contributed by atoms with Gasteiger partial charge in [0.25, 0.3) is 0 Å². The monoisotopic (exact) mass is 185 g/mol. The molecule has 0 aromatic carbocycles. The lowest BCUT2D eigenvalue weighted by Crippen LogP contribution is -2.39. The molecule has 1 heterocycles. The Labute approximate surface area is 79.7 Å². The average molecular weight is 185 g/mol. The summed E-state index contributed by atoms with van der Waals surface area (Å²) < 4.78 is 0. The molecule has 1 aliphatic heterocycles. The zero-order valence-electron chi connectivity index (χ0n) is 8.47. The number of nitrogens with zero attached hydrogens (tertiary/aromatic N) is 1. The summed E-state index contributed by atoms with van der Waals surface area (Å²) in [4.78, 5) is 13.2. The molecule has 0 aromatic heterocycles. The Balaban J connectivity index is 2.08. The van der Waals surface area contributed by atoms with Gasteiger partial charge in [0.1, 0.15) is 0 Å². The van der Waals surface area contributed by atoms with Crippen LogP contribution in [0.4, 0.5) is 0 Å². The van der Waals surface area contributed by atoms with Crippen LogP contribution in [0.15, 0.2) is 0 Å². The van der Waals surface area contributed by atoms with E-state index in [4.69, 9.17) is 0 Å². The fourth-order valence-electron chi connectivity index (χ4n) is 1.68. The largest absolute Gasteiger partial charge is 0.358 e. The fourth-order valence-corrected chi connectivity index (χ4v) is 1.68. The lowest BCUT2D eigenvalue weighted by Gasteiger charge is -2.19. The highest BCUT2D eigenvalue weighted by molar-refractivity contribution is 5.77. The van der Waals surface area contributed by atoms with E-state index < -0.39 is 0 Å². The molecule has 0 bridgehead atoms. The van der Waals surface area contributed by atoms with Gasteiger partial charge in [-0.05, 0) is 26.4 Å². The summed E-state index contributed by atoms with van der Waals surface area (Å²) in [5.41, 5.74) is 0. The Hall–Kier alpha value is -0.610. The Kier molecular flexibility index (Phi) is 4.18. The van der Waals surface area contributed by atoms with E-state index in [1.165, 1.54) is 19.4 Å². The van der Waals surface area contributed by atoms with E-state index in [-0.39, 0.29) is 5.91 Å². The van der Waals surface area contributed by atoms with Crippen LogP contribution >= 0.6 is 0 Å². The molecule has 1 rings (SSSR count). The van der Waals surface area contributed by atoms with E-state index >= 15 is 0 Å². The number of nitrogens with one attached hydrogen (secondary N) is 2. The van der Waals surface area contributed by atoms with Crippen molar-refractivity contribution in [1.29, 1.82) is 0 Å². The molecule has 0 saturated carbocycles. The van der Waals surface area contributed by atoms with Crippen LogP contribution in [0.5, 0.6) is 0 Å². The molecule has 76 valence electrons. The van der Waals surface area contributed by atoms with Crippen LogP contribution in [0.3, 0.4) is 0 Å². The molecule has 1 fully saturated rings. The molecule has 4 nitrogen and oxygen atoms in total. The van der Waals surface area contributed by atoms with Gasteiger partial charge < -0.3 is 15.5 Å². The van der Waals surface area contributed by atoms with Crippen molar-refractivity contribution in [2.45, 2.75) is 18.9 Å². The van der Waals surface area contributed by atoms with E-state index in [9.17, 15) is 4.79 Å². The number of likely N-dealkylation sites (N-methyl/N-ethyl adjacent to an activating group) is 2. The lowest BCUT2D eigenvalue weighted by molar-refractivity contribution is -0.119. The molecular weight excluding hydrogens is 166 g/mol. The average Bonchev–Trinajstić information content (AvgIpc) is 2.52. The van der Waals surface area contributed by atoms with Crippen molar-refractivity contribution < 1.29 is 4.79 Å². The zero-order valence-corrected chi connectivity index (χ0v) is 8.47. The van der Waals surface area contributed by atoms with E-state index in [1.807, 2.05) is 0 Å². The SMILES string of the molecule is CNC(=O)CNCC1CCCN1C. The Morgan fingerprint density at radius 2 is 2.38 bits per heavy atom. The Bertz CT molecular complexity index is 172.